The van der Waals surface area contributed by atoms with E-state index in [1.807, 2.05) is 0 Å². The molecule has 0 unspecified atom stereocenters. The molecule has 0 aromatic heterocycles. The van der Waals surface area contributed by atoms with Gasteiger partial charge in [-0.15, -0.1) is 13.2 Å². The molecule has 0 radical (unpaired) electrons. The summed E-state index contributed by atoms with van der Waals surface area (Å²) in [5, 5.41) is 0. The van der Waals surface area contributed by atoms with Crippen LogP contribution in [0.3, 0.4) is 0 Å². The van der Waals surface area contributed by atoms with Crippen molar-refractivity contribution in [2.45, 2.75) is 26.1 Å². The van der Waals surface area contributed by atoms with Crippen molar-refractivity contribution in [3.05, 3.63) is 53.8 Å². The minimum atomic E-state index is -5.03. The third-order valence-corrected chi connectivity index (χ3v) is 4.73. The smallest absolute Gasteiger partial charge is 0.494 e. The molecule has 1 aliphatic heterocycles. The lowest BCUT2D eigenvalue weighted by Crippen LogP contribution is -2.43. The van der Waals surface area contributed by atoms with E-state index in [4.69, 9.17) is 18.9 Å². The number of unbranched alkanes of at least 4 members (excludes halogenated alkanes) is 1. The summed E-state index contributed by atoms with van der Waals surface area (Å²) in [5.74, 6) is -2.82. The summed E-state index contributed by atoms with van der Waals surface area (Å²) in [5.41, 5.74) is 0.304. The Morgan fingerprint density at radius 2 is 1.70 bits per heavy atom. The maximum atomic E-state index is 13.7. The highest BCUT2D eigenvalue weighted by atomic mass is 19.4. The molecule has 180 valence electrons. The van der Waals surface area contributed by atoms with E-state index in [9.17, 15) is 22.4 Å². The second kappa shape index (κ2) is 10.8. The quantitative estimate of drug-likeness (QED) is 0.195. The molecule has 0 saturated carbocycles. The summed E-state index contributed by atoms with van der Waals surface area (Å²) in [7, 11) is 0. The van der Waals surface area contributed by atoms with E-state index in [2.05, 4.69) is 11.7 Å². The van der Waals surface area contributed by atoms with Crippen LogP contribution >= 0.6 is 0 Å². The van der Waals surface area contributed by atoms with Gasteiger partial charge >= 0.3 is 12.3 Å². The third-order valence-electron chi connectivity index (χ3n) is 4.73. The van der Waals surface area contributed by atoms with Gasteiger partial charge in [0.25, 0.3) is 0 Å². The number of ether oxygens (including phenoxy) is 5. The molecule has 0 aliphatic carbocycles. The predicted octanol–water partition coefficient (Wildman–Crippen LogP) is 5.16. The Labute approximate surface area is 188 Å². The zero-order valence-electron chi connectivity index (χ0n) is 18.0. The lowest BCUT2D eigenvalue weighted by molar-refractivity contribution is -0.275. The third kappa shape index (κ3) is 7.90. The van der Waals surface area contributed by atoms with Crippen LogP contribution in [0.25, 0.3) is 0 Å². The number of esters is 1. The Morgan fingerprint density at radius 1 is 1.03 bits per heavy atom. The van der Waals surface area contributed by atoms with Crippen molar-refractivity contribution >= 4 is 5.97 Å². The van der Waals surface area contributed by atoms with Crippen LogP contribution in [0.5, 0.6) is 17.2 Å². The lowest BCUT2D eigenvalue weighted by Gasteiger charge is -2.37. The molecule has 0 atom stereocenters. The van der Waals surface area contributed by atoms with Gasteiger partial charge in [-0.1, -0.05) is 6.92 Å². The molecule has 2 aromatic carbocycles. The van der Waals surface area contributed by atoms with Gasteiger partial charge in [0.1, 0.15) is 11.5 Å². The van der Waals surface area contributed by atoms with Gasteiger partial charge in [-0.2, -0.15) is 0 Å². The van der Waals surface area contributed by atoms with Crippen LogP contribution in [0.4, 0.5) is 17.6 Å². The van der Waals surface area contributed by atoms with Gasteiger partial charge in [-0.25, -0.2) is 9.18 Å². The zero-order valence-corrected chi connectivity index (χ0v) is 18.0. The minimum Gasteiger partial charge on any atom is -0.494 e. The topological polar surface area (TPSA) is 63.2 Å². The maximum absolute atomic E-state index is 13.7. The first kappa shape index (κ1) is 24.8. The predicted molar refractivity (Wildman–Crippen MR) is 109 cm³/mol. The zero-order chi connectivity index (χ0) is 23.9. The van der Waals surface area contributed by atoms with Gasteiger partial charge in [-0.05, 0) is 49.2 Å². The first-order valence-electron chi connectivity index (χ1n) is 10.3. The molecule has 1 fully saturated rings. The summed E-state index contributed by atoms with van der Waals surface area (Å²) < 4.78 is 75.3. The second-order valence-electron chi connectivity index (χ2n) is 7.97. The van der Waals surface area contributed by atoms with Crippen molar-refractivity contribution in [1.82, 2.24) is 0 Å². The summed E-state index contributed by atoms with van der Waals surface area (Å²) >= 11 is 0. The Kier molecular flexibility index (Phi) is 8.15. The van der Waals surface area contributed by atoms with Crippen molar-refractivity contribution in [2.75, 3.05) is 33.0 Å². The van der Waals surface area contributed by atoms with Crippen LogP contribution in [-0.2, 0) is 9.47 Å². The Hall–Kier alpha value is -2.85. The van der Waals surface area contributed by atoms with Crippen LogP contribution < -0.4 is 14.2 Å². The number of benzene rings is 2. The van der Waals surface area contributed by atoms with Crippen LogP contribution in [0.2, 0.25) is 0 Å². The monoisotopic (exact) mass is 472 g/mol. The van der Waals surface area contributed by atoms with E-state index in [0.717, 1.165) is 38.2 Å². The summed E-state index contributed by atoms with van der Waals surface area (Å²) in [4.78, 5) is 12.2. The SMILES string of the molecule is CC1(COCCCCOc2ccc(C(=O)Oc3ccc(OC(F)(F)F)c(F)c3)cc2)COC1. The largest absolute Gasteiger partial charge is 0.573 e. The van der Waals surface area contributed by atoms with E-state index in [1.54, 1.807) is 12.1 Å². The number of hydrogen-bond acceptors (Lipinski definition) is 6. The van der Waals surface area contributed by atoms with E-state index >= 15 is 0 Å². The number of carbonyl (C=O) groups excluding carboxylic acids is 1. The molecule has 10 heteroatoms. The van der Waals surface area contributed by atoms with Crippen molar-refractivity contribution in [1.29, 1.82) is 0 Å². The van der Waals surface area contributed by atoms with E-state index in [0.29, 0.717) is 31.6 Å². The van der Waals surface area contributed by atoms with Crippen LogP contribution in [0.1, 0.15) is 30.1 Å². The van der Waals surface area contributed by atoms with Gasteiger partial charge in [-0.3, -0.25) is 0 Å². The van der Waals surface area contributed by atoms with Crippen molar-refractivity contribution in [3.8, 4) is 17.2 Å². The summed E-state index contributed by atoms with van der Waals surface area (Å²) in [6, 6.07) is 8.50. The molecule has 0 amide bonds. The fourth-order valence-corrected chi connectivity index (χ4v) is 2.95. The lowest BCUT2D eigenvalue weighted by atomic mass is 9.90. The number of rotatable bonds is 11. The molecule has 1 aliphatic rings. The molecule has 33 heavy (non-hydrogen) atoms. The van der Waals surface area contributed by atoms with Crippen LogP contribution in [-0.4, -0.2) is 45.4 Å². The number of hydrogen-bond donors (Lipinski definition) is 0. The van der Waals surface area contributed by atoms with Gasteiger partial charge in [0.2, 0.25) is 0 Å². The molecule has 2 aromatic rings. The number of carbonyl (C=O) groups is 1. The highest BCUT2D eigenvalue weighted by Crippen LogP contribution is 2.29. The molecule has 0 bridgehead atoms. The molecule has 6 nitrogen and oxygen atoms in total. The average molecular weight is 472 g/mol. The highest BCUT2D eigenvalue weighted by molar-refractivity contribution is 5.91. The van der Waals surface area contributed by atoms with Gasteiger partial charge in [0.15, 0.2) is 11.6 Å². The summed E-state index contributed by atoms with van der Waals surface area (Å²) in [6.45, 7) is 5.41. The normalized spacial score (nSPS) is 14.9. The average Bonchev–Trinajstić information content (AvgIpc) is 2.73. The van der Waals surface area contributed by atoms with Crippen molar-refractivity contribution in [2.24, 2.45) is 5.41 Å². The van der Waals surface area contributed by atoms with E-state index < -0.39 is 23.9 Å². The minimum absolute atomic E-state index is 0.137. The van der Waals surface area contributed by atoms with E-state index in [1.165, 1.54) is 12.1 Å². The Balaban J connectivity index is 1.38. The molecule has 0 N–H and O–H groups in total. The molecular weight excluding hydrogens is 448 g/mol. The Bertz CT molecular complexity index is 926. The van der Waals surface area contributed by atoms with Crippen LogP contribution in [0.15, 0.2) is 42.5 Å². The molecular formula is C23H24F4O6. The molecule has 1 heterocycles. The van der Waals surface area contributed by atoms with Crippen LogP contribution in [0, 0.1) is 11.2 Å². The number of alkyl halides is 3. The first-order chi connectivity index (χ1) is 15.6. The van der Waals surface area contributed by atoms with Crippen molar-refractivity contribution in [3.63, 3.8) is 0 Å². The maximum Gasteiger partial charge on any atom is 0.573 e. The van der Waals surface area contributed by atoms with Gasteiger partial charge < -0.3 is 23.7 Å². The van der Waals surface area contributed by atoms with Gasteiger partial charge in [0.05, 0.1) is 32.0 Å². The standard InChI is InChI=1S/C23H24F4O6/c1-22(14-30-15-22)13-29-10-2-3-11-31-17-6-4-16(5-7-17)21(28)32-18-8-9-20(19(24)12-18)33-23(25,26)27/h4-9,12H,2-3,10-11,13-15H2,1H3. The highest BCUT2D eigenvalue weighted by Gasteiger charge is 2.33. The molecule has 1 saturated heterocycles. The second-order valence-corrected chi connectivity index (χ2v) is 7.97. The Morgan fingerprint density at radius 3 is 2.30 bits per heavy atom. The van der Waals surface area contributed by atoms with Gasteiger partial charge in [0, 0.05) is 18.1 Å². The fraction of sp³-hybridized carbons (Fsp3) is 0.435. The molecule has 3 rings (SSSR count). The van der Waals surface area contributed by atoms with Crippen molar-refractivity contribution < 1.29 is 46.0 Å². The first-order valence-corrected chi connectivity index (χ1v) is 10.3. The number of halogens is 4. The summed E-state index contributed by atoms with van der Waals surface area (Å²) in [6.07, 6.45) is -3.37. The fourth-order valence-electron chi connectivity index (χ4n) is 2.95. The molecule has 0 spiro atoms. The van der Waals surface area contributed by atoms with E-state index in [-0.39, 0.29) is 16.7 Å².